The highest BCUT2D eigenvalue weighted by Crippen LogP contribution is 2.16. The number of fused-ring (bicyclic) bond motifs is 1. The van der Waals surface area contributed by atoms with Crippen molar-refractivity contribution in [2.75, 3.05) is 13.7 Å². The monoisotopic (exact) mass is 295 g/mol. The molecule has 0 amide bonds. The lowest BCUT2D eigenvalue weighted by molar-refractivity contribution is 0.0606. The molecular formula is C15H25N3OS. The number of methoxy groups -OCH3 is 1. The molecule has 4 nitrogen and oxygen atoms in total. The van der Waals surface area contributed by atoms with Gasteiger partial charge < -0.3 is 10.1 Å². The summed E-state index contributed by atoms with van der Waals surface area (Å²) < 4.78 is 7.78. The number of imidazole rings is 1. The van der Waals surface area contributed by atoms with E-state index in [9.17, 15) is 0 Å². The van der Waals surface area contributed by atoms with E-state index in [2.05, 4.69) is 46.3 Å². The van der Waals surface area contributed by atoms with E-state index in [0.29, 0.717) is 6.04 Å². The largest absolute Gasteiger partial charge is 0.380 e. The molecule has 2 atom stereocenters. The van der Waals surface area contributed by atoms with Gasteiger partial charge in [-0.25, -0.2) is 4.98 Å². The number of nitrogens with one attached hydrogen (secondary N) is 1. The second-order valence-electron chi connectivity index (χ2n) is 5.15. The Morgan fingerprint density at radius 3 is 2.90 bits per heavy atom. The lowest BCUT2D eigenvalue weighted by atomic mass is 10.0. The van der Waals surface area contributed by atoms with Gasteiger partial charge in [0.1, 0.15) is 0 Å². The normalized spacial score (nSPS) is 14.8. The number of hydrogen-bond acceptors (Lipinski definition) is 4. The number of thiazole rings is 1. The molecule has 20 heavy (non-hydrogen) atoms. The van der Waals surface area contributed by atoms with Crippen LogP contribution in [0.2, 0.25) is 0 Å². The predicted molar refractivity (Wildman–Crippen MR) is 84.6 cm³/mol. The maximum atomic E-state index is 5.68. The van der Waals surface area contributed by atoms with Crippen molar-refractivity contribution < 1.29 is 4.74 Å². The van der Waals surface area contributed by atoms with Crippen molar-refractivity contribution in [3.63, 3.8) is 0 Å². The average molecular weight is 295 g/mol. The molecule has 2 heterocycles. The fraction of sp³-hybridized carbons (Fsp3) is 0.667. The molecule has 0 saturated heterocycles. The van der Waals surface area contributed by atoms with E-state index in [-0.39, 0.29) is 6.10 Å². The molecule has 5 heteroatoms. The summed E-state index contributed by atoms with van der Waals surface area (Å²) in [4.78, 5) is 5.75. The third kappa shape index (κ3) is 3.81. The molecule has 0 radical (unpaired) electrons. The van der Waals surface area contributed by atoms with Crippen molar-refractivity contribution in [2.24, 2.45) is 0 Å². The van der Waals surface area contributed by atoms with E-state index < -0.39 is 0 Å². The average Bonchev–Trinajstić information content (AvgIpc) is 3.02. The lowest BCUT2D eigenvalue weighted by Gasteiger charge is -2.26. The molecule has 0 bridgehead atoms. The molecule has 0 aromatic carbocycles. The Bertz CT molecular complexity index is 479. The van der Waals surface area contributed by atoms with Crippen LogP contribution in [0.5, 0.6) is 0 Å². The molecular weight excluding hydrogens is 270 g/mol. The first kappa shape index (κ1) is 15.5. The highest BCUT2D eigenvalue weighted by Gasteiger charge is 2.21. The first-order chi connectivity index (χ1) is 9.78. The summed E-state index contributed by atoms with van der Waals surface area (Å²) >= 11 is 1.68. The molecule has 2 aromatic rings. The van der Waals surface area contributed by atoms with Crippen LogP contribution in [0.4, 0.5) is 0 Å². The summed E-state index contributed by atoms with van der Waals surface area (Å²) in [5.74, 6) is 0. The van der Waals surface area contributed by atoms with E-state index in [4.69, 9.17) is 4.74 Å². The second kappa shape index (κ2) is 7.76. The zero-order chi connectivity index (χ0) is 14.4. The van der Waals surface area contributed by atoms with Gasteiger partial charge in [-0.1, -0.05) is 20.3 Å². The fourth-order valence-corrected chi connectivity index (χ4v) is 3.25. The minimum absolute atomic E-state index is 0.256. The van der Waals surface area contributed by atoms with Crippen molar-refractivity contribution in [1.82, 2.24) is 14.7 Å². The number of ether oxygens (including phenoxy) is 1. The van der Waals surface area contributed by atoms with Crippen LogP contribution < -0.4 is 5.32 Å². The summed E-state index contributed by atoms with van der Waals surface area (Å²) in [6, 6.07) is 0.338. The van der Waals surface area contributed by atoms with Crippen LogP contribution in [0, 0.1) is 0 Å². The van der Waals surface area contributed by atoms with Crippen molar-refractivity contribution in [2.45, 2.75) is 51.7 Å². The van der Waals surface area contributed by atoms with E-state index in [0.717, 1.165) is 42.9 Å². The fourth-order valence-electron chi connectivity index (χ4n) is 2.53. The molecule has 0 spiro atoms. The first-order valence-electron chi connectivity index (χ1n) is 7.45. The molecule has 0 saturated carbocycles. The zero-order valence-electron chi connectivity index (χ0n) is 12.6. The first-order valence-corrected chi connectivity index (χ1v) is 8.33. The standard InChI is InChI=1S/C15H25N3OS/c1-4-6-14(19-3)13(16-7-5-2)10-12-11-18-8-9-20-15(18)17-12/h8-9,11,13-14,16H,4-7,10H2,1-3H3. The Balaban J connectivity index is 2.07. The third-order valence-corrected chi connectivity index (χ3v) is 4.32. The van der Waals surface area contributed by atoms with Gasteiger partial charge in [-0.15, -0.1) is 11.3 Å². The van der Waals surface area contributed by atoms with E-state index in [1.165, 1.54) is 0 Å². The number of nitrogens with zero attached hydrogens (tertiary/aromatic N) is 2. The molecule has 2 aromatic heterocycles. The van der Waals surface area contributed by atoms with Crippen molar-refractivity contribution in [3.8, 4) is 0 Å². The highest BCUT2D eigenvalue weighted by molar-refractivity contribution is 7.15. The predicted octanol–water partition coefficient (Wildman–Crippen LogP) is 3.12. The molecule has 0 aliphatic heterocycles. The van der Waals surface area contributed by atoms with Gasteiger partial charge in [-0.3, -0.25) is 4.40 Å². The van der Waals surface area contributed by atoms with E-state index >= 15 is 0 Å². The Morgan fingerprint density at radius 2 is 2.25 bits per heavy atom. The molecule has 1 N–H and O–H groups in total. The molecule has 0 aliphatic rings. The van der Waals surface area contributed by atoms with Crippen LogP contribution in [0.1, 0.15) is 38.8 Å². The Hall–Kier alpha value is -0.910. The summed E-state index contributed by atoms with van der Waals surface area (Å²) in [6.45, 7) is 5.42. The van der Waals surface area contributed by atoms with Crippen molar-refractivity contribution >= 4 is 16.3 Å². The second-order valence-corrected chi connectivity index (χ2v) is 6.03. The van der Waals surface area contributed by atoms with Gasteiger partial charge in [0.15, 0.2) is 4.96 Å². The van der Waals surface area contributed by atoms with Crippen LogP contribution in [0.3, 0.4) is 0 Å². The minimum atomic E-state index is 0.256. The van der Waals surface area contributed by atoms with Gasteiger partial charge in [-0.2, -0.15) is 0 Å². The van der Waals surface area contributed by atoms with Crippen LogP contribution >= 0.6 is 11.3 Å². The summed E-state index contributed by atoms with van der Waals surface area (Å²) in [5, 5.41) is 5.68. The summed E-state index contributed by atoms with van der Waals surface area (Å²) in [7, 11) is 1.81. The van der Waals surface area contributed by atoms with Crippen LogP contribution in [-0.2, 0) is 11.2 Å². The molecule has 112 valence electrons. The van der Waals surface area contributed by atoms with Gasteiger partial charge in [0, 0.05) is 37.3 Å². The van der Waals surface area contributed by atoms with Crippen molar-refractivity contribution in [3.05, 3.63) is 23.5 Å². The van der Waals surface area contributed by atoms with Gasteiger partial charge in [0.2, 0.25) is 0 Å². The van der Waals surface area contributed by atoms with E-state index in [1.807, 2.05) is 7.11 Å². The van der Waals surface area contributed by atoms with E-state index in [1.54, 1.807) is 11.3 Å². The summed E-state index contributed by atoms with van der Waals surface area (Å²) in [5.41, 5.74) is 1.14. The lowest BCUT2D eigenvalue weighted by Crippen LogP contribution is -2.43. The Labute approximate surface area is 125 Å². The van der Waals surface area contributed by atoms with Crippen molar-refractivity contribution in [1.29, 1.82) is 0 Å². The van der Waals surface area contributed by atoms with Gasteiger partial charge in [-0.05, 0) is 19.4 Å². The smallest absolute Gasteiger partial charge is 0.193 e. The Morgan fingerprint density at radius 1 is 1.40 bits per heavy atom. The maximum absolute atomic E-state index is 5.68. The zero-order valence-corrected chi connectivity index (χ0v) is 13.4. The third-order valence-electron chi connectivity index (χ3n) is 3.55. The minimum Gasteiger partial charge on any atom is -0.380 e. The van der Waals surface area contributed by atoms with Gasteiger partial charge in [0.25, 0.3) is 0 Å². The quantitative estimate of drug-likeness (QED) is 0.772. The van der Waals surface area contributed by atoms with Crippen LogP contribution in [0.25, 0.3) is 4.96 Å². The molecule has 2 rings (SSSR count). The topological polar surface area (TPSA) is 38.6 Å². The number of hydrogen-bond donors (Lipinski definition) is 1. The van der Waals surface area contributed by atoms with Crippen LogP contribution in [-0.4, -0.2) is 35.2 Å². The molecule has 0 fully saturated rings. The highest BCUT2D eigenvalue weighted by atomic mass is 32.1. The van der Waals surface area contributed by atoms with Crippen LogP contribution in [0.15, 0.2) is 17.8 Å². The number of aromatic nitrogens is 2. The Kier molecular flexibility index (Phi) is 6.01. The maximum Gasteiger partial charge on any atom is 0.193 e. The number of rotatable bonds is 9. The molecule has 2 unspecified atom stereocenters. The summed E-state index contributed by atoms with van der Waals surface area (Å²) in [6.07, 6.45) is 8.73. The SMILES string of the molecule is CCCNC(Cc1cn2ccsc2n1)C(CCC)OC. The molecule has 0 aliphatic carbocycles. The van der Waals surface area contributed by atoms with Gasteiger partial charge >= 0.3 is 0 Å². The van der Waals surface area contributed by atoms with Gasteiger partial charge in [0.05, 0.1) is 11.8 Å².